The van der Waals surface area contributed by atoms with Gasteiger partial charge in [0.1, 0.15) is 11.3 Å². The zero-order chi connectivity index (χ0) is 20.8. The molecule has 3 aromatic rings. The van der Waals surface area contributed by atoms with Crippen molar-refractivity contribution in [2.75, 3.05) is 19.8 Å². The third kappa shape index (κ3) is 4.65. The third-order valence-corrected chi connectivity index (χ3v) is 4.39. The number of amides is 1. The van der Waals surface area contributed by atoms with Crippen molar-refractivity contribution in [2.45, 2.75) is 33.7 Å². The van der Waals surface area contributed by atoms with Crippen LogP contribution in [0.3, 0.4) is 0 Å². The van der Waals surface area contributed by atoms with Crippen LogP contribution in [0.25, 0.3) is 11.0 Å². The van der Waals surface area contributed by atoms with Gasteiger partial charge in [0.25, 0.3) is 5.91 Å². The van der Waals surface area contributed by atoms with E-state index in [1.807, 2.05) is 58.0 Å². The lowest BCUT2D eigenvalue weighted by molar-refractivity contribution is 0.0934. The molecule has 154 valence electrons. The quantitative estimate of drug-likeness (QED) is 0.543. The number of rotatable bonds is 9. The summed E-state index contributed by atoms with van der Waals surface area (Å²) in [5.41, 5.74) is 1.23. The molecule has 0 spiro atoms. The molecule has 0 aliphatic heterocycles. The Morgan fingerprint density at radius 2 is 1.59 bits per heavy atom. The minimum atomic E-state index is -0.299. The average molecular weight is 397 g/mol. The summed E-state index contributed by atoms with van der Waals surface area (Å²) in [5, 5.41) is 3.98. The van der Waals surface area contributed by atoms with Crippen molar-refractivity contribution in [3.05, 3.63) is 53.8 Å². The first-order chi connectivity index (χ1) is 14.1. The van der Waals surface area contributed by atoms with Gasteiger partial charge in [-0.1, -0.05) is 18.2 Å². The van der Waals surface area contributed by atoms with Crippen molar-refractivity contribution in [2.24, 2.45) is 0 Å². The summed E-state index contributed by atoms with van der Waals surface area (Å²) in [4.78, 5) is 12.9. The van der Waals surface area contributed by atoms with Gasteiger partial charge >= 0.3 is 0 Å². The summed E-state index contributed by atoms with van der Waals surface area (Å²) in [6, 6.07) is 12.8. The number of furan rings is 1. The molecular formula is C23H27NO5. The average Bonchev–Trinajstić information content (AvgIpc) is 3.15. The van der Waals surface area contributed by atoms with Crippen molar-refractivity contribution in [1.82, 2.24) is 5.32 Å². The molecule has 0 radical (unpaired) electrons. The molecule has 0 saturated heterocycles. The van der Waals surface area contributed by atoms with E-state index < -0.39 is 0 Å². The molecule has 3 rings (SSSR count). The van der Waals surface area contributed by atoms with Crippen molar-refractivity contribution < 1.29 is 23.4 Å². The van der Waals surface area contributed by atoms with Crippen molar-refractivity contribution >= 4 is 16.9 Å². The zero-order valence-electron chi connectivity index (χ0n) is 17.3. The second-order valence-electron chi connectivity index (χ2n) is 6.48. The molecule has 1 heterocycles. The SMILES string of the molecule is CCOc1cc(C(=O)NC(C)c2cc3ccccc3o2)cc(OCC)c1OCC. The highest BCUT2D eigenvalue weighted by molar-refractivity contribution is 5.96. The molecule has 29 heavy (non-hydrogen) atoms. The number of hydrogen-bond donors (Lipinski definition) is 1. The van der Waals surface area contributed by atoms with Gasteiger partial charge in [0.05, 0.1) is 25.9 Å². The molecule has 0 fully saturated rings. The van der Waals surface area contributed by atoms with Crippen molar-refractivity contribution in [3.63, 3.8) is 0 Å². The van der Waals surface area contributed by atoms with E-state index in [1.165, 1.54) is 0 Å². The largest absolute Gasteiger partial charge is 0.490 e. The van der Waals surface area contributed by atoms with Crippen LogP contribution in [0.15, 0.2) is 46.9 Å². The molecule has 1 unspecified atom stereocenters. The van der Waals surface area contributed by atoms with Gasteiger partial charge in [-0.05, 0) is 52.0 Å². The monoisotopic (exact) mass is 397 g/mol. The van der Waals surface area contributed by atoms with Gasteiger partial charge in [0, 0.05) is 10.9 Å². The summed E-state index contributed by atoms with van der Waals surface area (Å²) >= 11 is 0. The van der Waals surface area contributed by atoms with Gasteiger partial charge < -0.3 is 23.9 Å². The van der Waals surface area contributed by atoms with E-state index in [2.05, 4.69) is 5.32 Å². The maximum Gasteiger partial charge on any atom is 0.252 e. The first kappa shape index (κ1) is 20.6. The van der Waals surface area contributed by atoms with E-state index >= 15 is 0 Å². The van der Waals surface area contributed by atoms with Crippen LogP contribution in [0.5, 0.6) is 17.2 Å². The van der Waals surface area contributed by atoms with Crippen LogP contribution in [-0.2, 0) is 0 Å². The fourth-order valence-corrected chi connectivity index (χ4v) is 3.09. The predicted molar refractivity (Wildman–Crippen MR) is 112 cm³/mol. The first-order valence-corrected chi connectivity index (χ1v) is 9.93. The Morgan fingerprint density at radius 1 is 0.966 bits per heavy atom. The first-order valence-electron chi connectivity index (χ1n) is 9.93. The highest BCUT2D eigenvalue weighted by Crippen LogP contribution is 2.39. The third-order valence-electron chi connectivity index (χ3n) is 4.39. The van der Waals surface area contributed by atoms with Crippen LogP contribution in [0, 0.1) is 0 Å². The van der Waals surface area contributed by atoms with E-state index in [1.54, 1.807) is 12.1 Å². The molecule has 0 saturated carbocycles. The van der Waals surface area contributed by atoms with Crippen LogP contribution in [0.1, 0.15) is 49.9 Å². The van der Waals surface area contributed by atoms with Crippen LogP contribution in [0.2, 0.25) is 0 Å². The van der Waals surface area contributed by atoms with Crippen LogP contribution >= 0.6 is 0 Å². The fraction of sp³-hybridized carbons (Fsp3) is 0.348. The van der Waals surface area contributed by atoms with Gasteiger partial charge in [0.2, 0.25) is 5.75 Å². The Hall–Kier alpha value is -3.15. The molecular weight excluding hydrogens is 370 g/mol. The number of fused-ring (bicyclic) bond motifs is 1. The smallest absolute Gasteiger partial charge is 0.252 e. The second-order valence-corrected chi connectivity index (χ2v) is 6.48. The Bertz CT molecular complexity index is 918. The highest BCUT2D eigenvalue weighted by Gasteiger charge is 2.20. The molecule has 0 bridgehead atoms. The van der Waals surface area contributed by atoms with Crippen LogP contribution in [0.4, 0.5) is 0 Å². The van der Waals surface area contributed by atoms with Gasteiger partial charge in [-0.2, -0.15) is 0 Å². The maximum absolute atomic E-state index is 12.9. The molecule has 1 aromatic heterocycles. The van der Waals surface area contributed by atoms with Crippen molar-refractivity contribution in [3.8, 4) is 17.2 Å². The van der Waals surface area contributed by atoms with Crippen LogP contribution < -0.4 is 19.5 Å². The Kier molecular flexibility index (Phi) is 6.65. The predicted octanol–water partition coefficient (Wildman–Crippen LogP) is 5.12. The summed E-state index contributed by atoms with van der Waals surface area (Å²) in [6.07, 6.45) is 0. The number of hydrogen-bond acceptors (Lipinski definition) is 5. The minimum absolute atomic E-state index is 0.247. The van der Waals surface area contributed by atoms with Crippen molar-refractivity contribution in [1.29, 1.82) is 0 Å². The maximum atomic E-state index is 12.9. The lowest BCUT2D eigenvalue weighted by atomic mass is 10.1. The molecule has 1 atom stereocenters. The summed E-state index contributed by atoms with van der Waals surface area (Å²) < 4.78 is 22.9. The summed E-state index contributed by atoms with van der Waals surface area (Å²) in [7, 11) is 0. The minimum Gasteiger partial charge on any atom is -0.490 e. The molecule has 1 N–H and O–H groups in total. The van der Waals surface area contributed by atoms with Gasteiger partial charge in [-0.3, -0.25) is 4.79 Å². The van der Waals surface area contributed by atoms with E-state index in [-0.39, 0.29) is 11.9 Å². The normalized spacial score (nSPS) is 11.9. The topological polar surface area (TPSA) is 69.9 Å². The summed E-state index contributed by atoms with van der Waals surface area (Å²) in [5.74, 6) is 1.94. The number of nitrogens with one attached hydrogen (secondary N) is 1. The van der Waals surface area contributed by atoms with E-state index in [9.17, 15) is 4.79 Å². The molecule has 6 nitrogen and oxygen atoms in total. The van der Waals surface area contributed by atoms with E-state index in [0.717, 1.165) is 11.0 Å². The van der Waals surface area contributed by atoms with E-state index in [4.69, 9.17) is 18.6 Å². The fourth-order valence-electron chi connectivity index (χ4n) is 3.09. The zero-order valence-corrected chi connectivity index (χ0v) is 17.3. The number of benzene rings is 2. The lowest BCUT2D eigenvalue weighted by Gasteiger charge is -2.18. The number of carbonyl (C=O) groups excluding carboxylic acids is 1. The number of carbonyl (C=O) groups is 1. The van der Waals surface area contributed by atoms with Gasteiger partial charge in [0.15, 0.2) is 11.5 Å². The molecule has 2 aromatic carbocycles. The number of para-hydroxylation sites is 1. The Labute approximate surface area is 170 Å². The van der Waals surface area contributed by atoms with Crippen LogP contribution in [-0.4, -0.2) is 25.7 Å². The number of ether oxygens (including phenoxy) is 3. The molecule has 1 amide bonds. The Balaban J connectivity index is 1.86. The molecule has 0 aliphatic rings. The highest BCUT2D eigenvalue weighted by atomic mass is 16.5. The lowest BCUT2D eigenvalue weighted by Crippen LogP contribution is -2.26. The molecule has 0 aliphatic carbocycles. The Morgan fingerprint density at radius 3 is 2.17 bits per heavy atom. The van der Waals surface area contributed by atoms with E-state index in [0.29, 0.717) is 48.4 Å². The standard InChI is InChI=1S/C23H27NO5/c1-5-26-20-13-17(14-21(27-6-2)22(20)28-7-3)23(25)24-15(4)19-12-16-10-8-9-11-18(16)29-19/h8-15H,5-7H2,1-4H3,(H,24,25). The van der Waals surface area contributed by atoms with Gasteiger partial charge in [-0.15, -0.1) is 0 Å². The second kappa shape index (κ2) is 9.37. The van der Waals surface area contributed by atoms with Gasteiger partial charge in [-0.25, -0.2) is 0 Å². The summed E-state index contributed by atoms with van der Waals surface area (Å²) in [6.45, 7) is 8.91. The molecule has 6 heteroatoms.